The zero-order chi connectivity index (χ0) is 14.3. The van der Waals surface area contributed by atoms with E-state index in [1.54, 1.807) is 24.3 Å². The van der Waals surface area contributed by atoms with Crippen LogP contribution in [0.2, 0.25) is 0 Å². The summed E-state index contributed by atoms with van der Waals surface area (Å²) in [7, 11) is 0. The summed E-state index contributed by atoms with van der Waals surface area (Å²) in [5.74, 6) is -1.70. The number of primary amides is 1. The van der Waals surface area contributed by atoms with Crippen LogP contribution in [0.15, 0.2) is 28.7 Å². The molecule has 0 aliphatic carbocycles. The number of hydroxylamine groups is 1. The van der Waals surface area contributed by atoms with Gasteiger partial charge in [-0.25, -0.2) is 5.48 Å². The molecule has 0 aliphatic heterocycles. The van der Waals surface area contributed by atoms with Gasteiger partial charge in [-0.1, -0.05) is 22.0 Å². The van der Waals surface area contributed by atoms with E-state index in [0.717, 1.165) is 4.47 Å². The fourth-order valence-electron chi connectivity index (χ4n) is 1.12. The monoisotopic (exact) mass is 329 g/mol. The van der Waals surface area contributed by atoms with Crippen LogP contribution in [0.25, 0.3) is 0 Å². The van der Waals surface area contributed by atoms with Crippen LogP contribution in [-0.4, -0.2) is 30.9 Å². The number of halogens is 1. The molecule has 0 fully saturated rings. The summed E-state index contributed by atoms with van der Waals surface area (Å²) in [6.07, 6.45) is 0. The number of rotatable bonds is 6. The molecule has 0 saturated heterocycles. The van der Waals surface area contributed by atoms with Crippen molar-refractivity contribution in [2.75, 3.05) is 13.2 Å². The van der Waals surface area contributed by atoms with Crippen molar-refractivity contribution in [2.24, 2.45) is 5.73 Å². The predicted octanol–water partition coefficient (Wildman–Crippen LogP) is -0.288. The first-order valence-corrected chi connectivity index (χ1v) is 6.01. The maximum absolute atomic E-state index is 11.7. The Morgan fingerprint density at radius 2 is 2.05 bits per heavy atom. The molecule has 1 rings (SSSR count). The summed E-state index contributed by atoms with van der Waals surface area (Å²) in [5, 5.41) is 2.40. The molecule has 0 bridgehead atoms. The second-order valence-corrected chi connectivity index (χ2v) is 4.39. The van der Waals surface area contributed by atoms with Crippen LogP contribution in [0.5, 0.6) is 0 Å². The number of hydrogen-bond acceptors (Lipinski definition) is 4. The van der Waals surface area contributed by atoms with E-state index < -0.39 is 24.3 Å². The minimum atomic E-state index is -0.710. The lowest BCUT2D eigenvalue weighted by Gasteiger charge is -2.06. The van der Waals surface area contributed by atoms with Gasteiger partial charge in [0.05, 0.1) is 6.54 Å². The third-order valence-corrected chi connectivity index (χ3v) is 2.39. The molecular formula is C11H12BrN3O4. The van der Waals surface area contributed by atoms with Crippen molar-refractivity contribution in [1.29, 1.82) is 0 Å². The average molecular weight is 330 g/mol. The van der Waals surface area contributed by atoms with Crippen LogP contribution >= 0.6 is 15.9 Å². The van der Waals surface area contributed by atoms with Crippen molar-refractivity contribution in [2.45, 2.75) is 0 Å². The average Bonchev–Trinajstić information content (AvgIpc) is 2.35. The van der Waals surface area contributed by atoms with Gasteiger partial charge in [-0.3, -0.25) is 19.2 Å². The minimum Gasteiger partial charge on any atom is -0.368 e. The normalized spacial score (nSPS) is 9.74. The van der Waals surface area contributed by atoms with E-state index in [-0.39, 0.29) is 6.54 Å². The Balaban J connectivity index is 2.34. The van der Waals surface area contributed by atoms with Crippen LogP contribution in [0.1, 0.15) is 10.4 Å². The number of nitrogens with two attached hydrogens (primary N) is 1. The van der Waals surface area contributed by atoms with Gasteiger partial charge in [-0.15, -0.1) is 0 Å². The summed E-state index contributed by atoms with van der Waals surface area (Å²) in [6.45, 7) is -0.699. The molecule has 7 nitrogen and oxygen atoms in total. The van der Waals surface area contributed by atoms with E-state index in [0.29, 0.717) is 5.56 Å². The van der Waals surface area contributed by atoms with Crippen LogP contribution in [-0.2, 0) is 14.4 Å². The van der Waals surface area contributed by atoms with E-state index in [4.69, 9.17) is 5.73 Å². The Labute approximate surface area is 117 Å². The van der Waals surface area contributed by atoms with Gasteiger partial charge in [0.15, 0.2) is 6.61 Å². The van der Waals surface area contributed by atoms with E-state index in [2.05, 4.69) is 26.1 Å². The van der Waals surface area contributed by atoms with E-state index in [1.165, 1.54) is 0 Å². The highest BCUT2D eigenvalue weighted by Crippen LogP contribution is 2.11. The summed E-state index contributed by atoms with van der Waals surface area (Å²) >= 11 is 3.24. The minimum absolute atomic E-state index is 0.274. The van der Waals surface area contributed by atoms with Crippen LogP contribution in [0.4, 0.5) is 0 Å². The lowest BCUT2D eigenvalue weighted by Crippen LogP contribution is -2.38. The number of carbonyl (C=O) groups is 3. The van der Waals surface area contributed by atoms with Crippen LogP contribution in [0.3, 0.4) is 0 Å². The van der Waals surface area contributed by atoms with Crippen LogP contribution < -0.4 is 16.5 Å². The Bertz CT molecular complexity index is 493. The van der Waals surface area contributed by atoms with Crippen molar-refractivity contribution in [3.8, 4) is 0 Å². The molecule has 0 spiro atoms. The summed E-state index contributed by atoms with van der Waals surface area (Å²) in [6, 6.07) is 6.72. The SMILES string of the molecule is NC(=O)CONC(=O)CNC(=O)c1cccc(Br)c1. The zero-order valence-electron chi connectivity index (χ0n) is 9.81. The summed E-state index contributed by atoms with van der Waals surface area (Å²) in [5.41, 5.74) is 7.19. The smallest absolute Gasteiger partial charge is 0.262 e. The van der Waals surface area contributed by atoms with Gasteiger partial charge in [-0.2, -0.15) is 0 Å². The van der Waals surface area contributed by atoms with Crippen LogP contribution in [0, 0.1) is 0 Å². The molecule has 0 aliphatic rings. The molecule has 1 aromatic rings. The van der Waals surface area contributed by atoms with Gasteiger partial charge in [0.1, 0.15) is 0 Å². The zero-order valence-corrected chi connectivity index (χ0v) is 11.4. The van der Waals surface area contributed by atoms with Crippen molar-refractivity contribution < 1.29 is 19.2 Å². The number of nitrogens with one attached hydrogen (secondary N) is 2. The first-order chi connectivity index (χ1) is 8.99. The molecule has 4 N–H and O–H groups in total. The summed E-state index contributed by atoms with van der Waals surface area (Å²) < 4.78 is 0.759. The van der Waals surface area contributed by atoms with Crippen molar-refractivity contribution in [3.05, 3.63) is 34.3 Å². The topological polar surface area (TPSA) is 111 Å². The lowest BCUT2D eigenvalue weighted by atomic mass is 10.2. The third-order valence-electron chi connectivity index (χ3n) is 1.90. The van der Waals surface area contributed by atoms with Gasteiger partial charge >= 0.3 is 0 Å². The number of carbonyl (C=O) groups excluding carboxylic acids is 3. The fourth-order valence-corrected chi connectivity index (χ4v) is 1.52. The fraction of sp³-hybridized carbons (Fsp3) is 0.182. The van der Waals surface area contributed by atoms with Gasteiger partial charge in [0.2, 0.25) is 5.91 Å². The Hall–Kier alpha value is -1.93. The van der Waals surface area contributed by atoms with E-state index in [1.807, 2.05) is 5.48 Å². The van der Waals surface area contributed by atoms with E-state index in [9.17, 15) is 14.4 Å². The highest BCUT2D eigenvalue weighted by atomic mass is 79.9. The molecule has 0 unspecified atom stereocenters. The van der Waals surface area contributed by atoms with Gasteiger partial charge in [0.25, 0.3) is 11.8 Å². The molecule has 0 aromatic heterocycles. The standard InChI is InChI=1S/C11H12BrN3O4/c12-8-3-1-2-7(4-8)11(18)14-5-10(17)15-19-6-9(13)16/h1-4H,5-6H2,(H2,13,16)(H,14,18)(H,15,17). The Morgan fingerprint density at radius 3 is 2.68 bits per heavy atom. The predicted molar refractivity (Wildman–Crippen MR) is 69.8 cm³/mol. The highest BCUT2D eigenvalue weighted by Gasteiger charge is 2.08. The van der Waals surface area contributed by atoms with Gasteiger partial charge in [0, 0.05) is 10.0 Å². The van der Waals surface area contributed by atoms with Crippen molar-refractivity contribution >= 4 is 33.7 Å². The lowest BCUT2D eigenvalue weighted by molar-refractivity contribution is -0.137. The van der Waals surface area contributed by atoms with Crippen molar-refractivity contribution in [1.82, 2.24) is 10.8 Å². The molecular weight excluding hydrogens is 318 g/mol. The molecule has 19 heavy (non-hydrogen) atoms. The molecule has 0 radical (unpaired) electrons. The maximum Gasteiger partial charge on any atom is 0.262 e. The first kappa shape index (κ1) is 15.1. The molecule has 0 heterocycles. The molecule has 3 amide bonds. The molecule has 1 aromatic carbocycles. The number of hydrogen-bond donors (Lipinski definition) is 3. The molecule has 8 heteroatoms. The summed E-state index contributed by atoms with van der Waals surface area (Å²) in [4.78, 5) is 37.7. The molecule has 0 saturated carbocycles. The number of benzene rings is 1. The Morgan fingerprint density at radius 1 is 1.32 bits per heavy atom. The molecule has 0 atom stereocenters. The third kappa shape index (κ3) is 5.98. The highest BCUT2D eigenvalue weighted by molar-refractivity contribution is 9.10. The molecule has 102 valence electrons. The van der Waals surface area contributed by atoms with Crippen molar-refractivity contribution in [3.63, 3.8) is 0 Å². The quantitative estimate of drug-likeness (QED) is 0.623. The van der Waals surface area contributed by atoms with Gasteiger partial charge in [-0.05, 0) is 18.2 Å². The second kappa shape index (κ2) is 7.49. The maximum atomic E-state index is 11.7. The van der Waals surface area contributed by atoms with E-state index >= 15 is 0 Å². The van der Waals surface area contributed by atoms with Gasteiger partial charge < -0.3 is 11.1 Å². The first-order valence-electron chi connectivity index (χ1n) is 5.21. The Kier molecular flexibility index (Phi) is 5.97. The largest absolute Gasteiger partial charge is 0.368 e. The second-order valence-electron chi connectivity index (χ2n) is 3.47. The number of amides is 3.